The van der Waals surface area contributed by atoms with Gasteiger partial charge in [-0.3, -0.25) is 19.3 Å². The molecule has 1 aromatic carbocycles. The summed E-state index contributed by atoms with van der Waals surface area (Å²) in [6, 6.07) is 7.28. The van der Waals surface area contributed by atoms with Crippen LogP contribution in [0.3, 0.4) is 0 Å². The van der Waals surface area contributed by atoms with Crippen molar-refractivity contribution in [3.63, 3.8) is 0 Å². The van der Waals surface area contributed by atoms with Crippen molar-refractivity contribution in [1.29, 1.82) is 0 Å². The molecular weight excluding hydrogens is 507 g/mol. The first kappa shape index (κ1) is 25.1. The summed E-state index contributed by atoms with van der Waals surface area (Å²) >= 11 is 7.13. The van der Waals surface area contributed by atoms with Crippen LogP contribution in [0.1, 0.15) is 35.4 Å². The summed E-state index contributed by atoms with van der Waals surface area (Å²) in [6.07, 6.45) is 4.27. The summed E-state index contributed by atoms with van der Waals surface area (Å²) in [5.74, 6) is -0.981. The van der Waals surface area contributed by atoms with Crippen LogP contribution >= 0.6 is 22.9 Å². The number of nitrogens with zero attached hydrogens (tertiary/aromatic N) is 2. The molecule has 1 saturated heterocycles. The van der Waals surface area contributed by atoms with E-state index >= 15 is 4.39 Å². The first-order valence-electron chi connectivity index (χ1n) is 12.2. The van der Waals surface area contributed by atoms with Crippen molar-refractivity contribution >= 4 is 52.0 Å². The third-order valence-corrected chi connectivity index (χ3v) is 7.88. The Morgan fingerprint density at radius 1 is 1.22 bits per heavy atom. The highest BCUT2D eigenvalue weighted by Crippen LogP contribution is 2.36. The number of rotatable bonds is 10. The predicted octanol–water partition coefficient (Wildman–Crippen LogP) is 3.52. The molecule has 2 aliphatic carbocycles. The van der Waals surface area contributed by atoms with Crippen LogP contribution in [0.4, 0.5) is 15.8 Å². The highest BCUT2D eigenvalue weighted by molar-refractivity contribution is 7.18. The first-order chi connectivity index (χ1) is 17.4. The standard InChI is InChI=1S/C25H28ClFN4O4S/c26-22-8-7-21(36-22)25(34)28-12-20(31(16-3-4-16)13-15-1-2-15)24(33)29-19-6-5-17(11-18(19)27)30-9-10-35-14-23(30)32/h5-8,11,15-16,20H,1-4,9-10,12-14H2,(H,28,34)(H,29,33)/t20-/m0/s1. The molecule has 5 rings (SSSR count). The molecular formula is C25H28ClFN4O4S. The first-order valence-corrected chi connectivity index (χ1v) is 13.4. The highest BCUT2D eigenvalue weighted by atomic mass is 35.5. The van der Waals surface area contributed by atoms with Gasteiger partial charge in [-0.25, -0.2) is 4.39 Å². The quantitative estimate of drug-likeness (QED) is 0.487. The van der Waals surface area contributed by atoms with Gasteiger partial charge in [0, 0.05) is 31.4 Å². The van der Waals surface area contributed by atoms with Gasteiger partial charge in [0.15, 0.2) is 0 Å². The van der Waals surface area contributed by atoms with E-state index in [1.54, 1.807) is 18.2 Å². The molecule has 0 radical (unpaired) electrons. The minimum atomic E-state index is -0.641. The molecule has 11 heteroatoms. The molecule has 8 nitrogen and oxygen atoms in total. The summed E-state index contributed by atoms with van der Waals surface area (Å²) in [5, 5.41) is 5.59. The third-order valence-electron chi connectivity index (χ3n) is 6.65. The number of hydrogen-bond acceptors (Lipinski definition) is 6. The average molecular weight is 535 g/mol. The second-order valence-corrected chi connectivity index (χ2v) is 11.2. The lowest BCUT2D eigenvalue weighted by atomic mass is 10.1. The molecule has 1 aromatic heterocycles. The van der Waals surface area contributed by atoms with Crippen molar-refractivity contribution in [2.75, 3.05) is 43.1 Å². The topological polar surface area (TPSA) is 91.0 Å². The van der Waals surface area contributed by atoms with E-state index in [1.165, 1.54) is 28.4 Å². The number of hydrogen-bond donors (Lipinski definition) is 2. The Kier molecular flexibility index (Phi) is 7.57. The Morgan fingerprint density at radius 2 is 2.03 bits per heavy atom. The van der Waals surface area contributed by atoms with E-state index in [1.807, 2.05) is 0 Å². The van der Waals surface area contributed by atoms with Crippen LogP contribution in [0.5, 0.6) is 0 Å². The Bertz CT molecular complexity index is 1150. The summed E-state index contributed by atoms with van der Waals surface area (Å²) in [6.45, 7) is 1.58. The number of amides is 3. The minimum Gasteiger partial charge on any atom is -0.370 e. The molecule has 0 bridgehead atoms. The maximum Gasteiger partial charge on any atom is 0.261 e. The van der Waals surface area contributed by atoms with Crippen molar-refractivity contribution < 1.29 is 23.5 Å². The number of carbonyl (C=O) groups excluding carboxylic acids is 3. The predicted molar refractivity (Wildman–Crippen MR) is 136 cm³/mol. The fraction of sp³-hybridized carbons (Fsp3) is 0.480. The Labute approximate surface area is 217 Å². The normalized spacial score (nSPS) is 18.9. The number of anilines is 2. The number of benzene rings is 1. The van der Waals surface area contributed by atoms with Gasteiger partial charge in [0.2, 0.25) is 5.91 Å². The Balaban J connectivity index is 1.30. The molecule has 0 unspecified atom stereocenters. The molecule has 2 saturated carbocycles. The molecule has 1 aliphatic heterocycles. The summed E-state index contributed by atoms with van der Waals surface area (Å²) in [4.78, 5) is 42.3. The molecule has 2 N–H and O–H groups in total. The molecule has 192 valence electrons. The Morgan fingerprint density at radius 3 is 2.67 bits per heavy atom. The number of carbonyl (C=O) groups is 3. The average Bonchev–Trinajstić information content (AvgIpc) is 3.79. The van der Waals surface area contributed by atoms with Crippen molar-refractivity contribution in [2.24, 2.45) is 5.92 Å². The lowest BCUT2D eigenvalue weighted by Crippen LogP contribution is -2.52. The van der Waals surface area contributed by atoms with Crippen molar-refractivity contribution in [3.8, 4) is 0 Å². The van der Waals surface area contributed by atoms with Gasteiger partial charge in [-0.2, -0.15) is 0 Å². The molecule has 2 aromatic rings. The maximum absolute atomic E-state index is 15.0. The van der Waals surface area contributed by atoms with Gasteiger partial charge in [0.05, 0.1) is 21.5 Å². The fourth-order valence-electron chi connectivity index (χ4n) is 4.39. The summed E-state index contributed by atoms with van der Waals surface area (Å²) < 4.78 is 20.7. The van der Waals surface area contributed by atoms with Crippen LogP contribution < -0.4 is 15.5 Å². The van der Waals surface area contributed by atoms with Crippen molar-refractivity contribution in [2.45, 2.75) is 37.8 Å². The van der Waals surface area contributed by atoms with Gasteiger partial charge in [0.1, 0.15) is 18.5 Å². The smallest absolute Gasteiger partial charge is 0.261 e. The van der Waals surface area contributed by atoms with Crippen LogP contribution in [0.15, 0.2) is 30.3 Å². The molecule has 36 heavy (non-hydrogen) atoms. The van der Waals surface area contributed by atoms with Gasteiger partial charge in [0.25, 0.3) is 11.8 Å². The van der Waals surface area contributed by atoms with E-state index in [9.17, 15) is 14.4 Å². The van der Waals surface area contributed by atoms with Crippen LogP contribution in [-0.2, 0) is 14.3 Å². The third kappa shape index (κ3) is 6.05. The molecule has 3 fully saturated rings. The molecule has 0 spiro atoms. The number of thiophene rings is 1. The number of halogens is 2. The van der Waals surface area contributed by atoms with Gasteiger partial charge in [-0.1, -0.05) is 11.6 Å². The monoisotopic (exact) mass is 534 g/mol. The SMILES string of the molecule is O=C(NC[C@@H](C(=O)Nc1ccc(N2CCOCC2=O)cc1F)N(CC1CC1)C1CC1)c1ccc(Cl)s1. The highest BCUT2D eigenvalue weighted by Gasteiger charge is 2.40. The van der Waals surface area contributed by atoms with Gasteiger partial charge >= 0.3 is 0 Å². The molecule has 3 amide bonds. The van der Waals surface area contributed by atoms with Gasteiger partial charge in [-0.05, 0) is 61.9 Å². The van der Waals surface area contributed by atoms with Crippen LogP contribution in [-0.4, -0.2) is 67.6 Å². The number of morpholine rings is 1. The van der Waals surface area contributed by atoms with Crippen LogP contribution in [0.2, 0.25) is 4.34 Å². The maximum atomic E-state index is 15.0. The second kappa shape index (κ2) is 10.8. The van der Waals surface area contributed by atoms with E-state index in [4.69, 9.17) is 16.3 Å². The zero-order valence-electron chi connectivity index (χ0n) is 19.7. The van der Waals surface area contributed by atoms with Gasteiger partial charge < -0.3 is 20.3 Å². The van der Waals surface area contributed by atoms with Crippen molar-refractivity contribution in [1.82, 2.24) is 10.2 Å². The van der Waals surface area contributed by atoms with Crippen LogP contribution in [0.25, 0.3) is 0 Å². The van der Waals surface area contributed by atoms with E-state index in [0.29, 0.717) is 34.0 Å². The molecule has 3 aliphatic rings. The second-order valence-electron chi connectivity index (χ2n) is 9.45. The zero-order chi connectivity index (χ0) is 25.2. The Hall–Kier alpha value is -2.53. The van der Waals surface area contributed by atoms with E-state index in [-0.39, 0.29) is 42.6 Å². The summed E-state index contributed by atoms with van der Waals surface area (Å²) in [7, 11) is 0. The molecule has 1 atom stereocenters. The largest absolute Gasteiger partial charge is 0.370 e. The molecule has 2 heterocycles. The van der Waals surface area contributed by atoms with Crippen LogP contribution in [0, 0.1) is 11.7 Å². The number of nitrogens with one attached hydrogen (secondary N) is 2. The lowest BCUT2D eigenvalue weighted by Gasteiger charge is -2.31. The van der Waals surface area contributed by atoms with E-state index < -0.39 is 11.9 Å². The van der Waals surface area contributed by atoms with Gasteiger partial charge in [-0.15, -0.1) is 11.3 Å². The van der Waals surface area contributed by atoms with Crippen molar-refractivity contribution in [3.05, 3.63) is 45.4 Å². The lowest BCUT2D eigenvalue weighted by molar-refractivity contribution is -0.125. The summed E-state index contributed by atoms with van der Waals surface area (Å²) in [5.41, 5.74) is 0.457. The number of ether oxygens (including phenoxy) is 1. The van der Waals surface area contributed by atoms with E-state index in [2.05, 4.69) is 15.5 Å². The fourth-order valence-corrected chi connectivity index (χ4v) is 5.35. The zero-order valence-corrected chi connectivity index (χ0v) is 21.2. The van der Waals surface area contributed by atoms with E-state index in [0.717, 1.165) is 32.2 Å². The minimum absolute atomic E-state index is 0.0352.